The maximum absolute atomic E-state index is 13.5. The van der Waals surface area contributed by atoms with Gasteiger partial charge in [-0.1, -0.05) is 12.1 Å². The van der Waals surface area contributed by atoms with Gasteiger partial charge in [0, 0.05) is 24.7 Å². The van der Waals surface area contributed by atoms with Crippen molar-refractivity contribution in [3.05, 3.63) is 48.4 Å². The van der Waals surface area contributed by atoms with Gasteiger partial charge in [-0.2, -0.15) is 13.2 Å². The fraction of sp³-hybridized carbons (Fsp3) is 0.375. The molecule has 0 aliphatic carbocycles. The summed E-state index contributed by atoms with van der Waals surface area (Å²) in [6.07, 6.45) is -1.35. The third-order valence-corrected chi connectivity index (χ3v) is 6.26. The van der Waals surface area contributed by atoms with E-state index in [9.17, 15) is 23.1 Å². The van der Waals surface area contributed by atoms with E-state index in [1.54, 1.807) is 0 Å². The second-order valence-corrected chi connectivity index (χ2v) is 8.91. The van der Waals surface area contributed by atoms with Gasteiger partial charge in [-0.05, 0) is 25.0 Å². The number of urea groups is 1. The van der Waals surface area contributed by atoms with Crippen molar-refractivity contribution in [1.82, 2.24) is 19.9 Å². The molecule has 0 spiro atoms. The summed E-state index contributed by atoms with van der Waals surface area (Å²) >= 11 is 0. The van der Waals surface area contributed by atoms with Crippen molar-refractivity contribution in [2.45, 2.75) is 31.2 Å². The van der Waals surface area contributed by atoms with Crippen LogP contribution in [0.25, 0.3) is 11.4 Å². The van der Waals surface area contributed by atoms with Crippen molar-refractivity contribution in [3.8, 4) is 17.3 Å². The van der Waals surface area contributed by atoms with Crippen molar-refractivity contribution in [2.75, 3.05) is 41.4 Å². The molecule has 1 aromatic carbocycles. The molecular weight excluding hydrogens is 507 g/mol. The first-order valence-electron chi connectivity index (χ1n) is 11.9. The van der Waals surface area contributed by atoms with E-state index in [1.165, 1.54) is 35.6 Å². The van der Waals surface area contributed by atoms with Gasteiger partial charge >= 0.3 is 12.2 Å². The third kappa shape index (κ3) is 5.31. The number of fused-ring (bicyclic) bond motifs is 4. The van der Waals surface area contributed by atoms with Crippen LogP contribution in [0.3, 0.4) is 0 Å². The van der Waals surface area contributed by atoms with Crippen LogP contribution < -0.4 is 19.9 Å². The second kappa shape index (κ2) is 10.4. The summed E-state index contributed by atoms with van der Waals surface area (Å²) in [5.41, 5.74) is -0.0345. The molecule has 2 aliphatic rings. The quantitative estimate of drug-likeness (QED) is 0.439. The minimum atomic E-state index is -4.52. The highest BCUT2D eigenvalue weighted by Gasteiger charge is 2.39. The van der Waals surface area contributed by atoms with E-state index in [0.29, 0.717) is 18.7 Å². The number of halogens is 3. The van der Waals surface area contributed by atoms with Gasteiger partial charge in [0.25, 0.3) is 0 Å². The number of aliphatic hydroxyl groups is 2. The molecule has 200 valence electrons. The predicted molar refractivity (Wildman–Crippen MR) is 130 cm³/mol. The lowest BCUT2D eigenvalue weighted by Gasteiger charge is -2.45. The number of alkyl halides is 3. The molecular formula is C24H24F3N7O4. The van der Waals surface area contributed by atoms with Crippen LogP contribution in [0.4, 0.5) is 35.3 Å². The number of nitrogens with zero attached hydrogens (tertiary/aromatic N) is 6. The van der Waals surface area contributed by atoms with Crippen LogP contribution in [-0.2, 0) is 6.18 Å². The largest absolute Gasteiger partial charge is 0.475 e. The van der Waals surface area contributed by atoms with Crippen LogP contribution in [0.15, 0.2) is 42.9 Å². The summed E-state index contributed by atoms with van der Waals surface area (Å²) in [4.78, 5) is 33.9. The number of rotatable bonds is 6. The molecule has 38 heavy (non-hydrogen) atoms. The van der Waals surface area contributed by atoms with Crippen LogP contribution in [0.1, 0.15) is 18.4 Å². The lowest BCUT2D eigenvalue weighted by atomic mass is 10.0. The van der Waals surface area contributed by atoms with Crippen molar-refractivity contribution in [3.63, 3.8) is 0 Å². The molecule has 14 heteroatoms. The Balaban J connectivity index is 1.44. The molecule has 0 radical (unpaired) electrons. The maximum atomic E-state index is 13.5. The SMILES string of the molecule is O=C(Nc1cc(OC[C@@H](O)CO)ncn1)N1c2nc(-c3cccc(C(F)(F)F)c3)ncc2N2CCCC1C2. The van der Waals surface area contributed by atoms with Gasteiger partial charge in [-0.15, -0.1) is 0 Å². The molecule has 1 saturated heterocycles. The molecule has 3 aromatic rings. The van der Waals surface area contributed by atoms with E-state index in [-0.39, 0.29) is 41.6 Å². The number of ether oxygens (including phenoxy) is 1. The average Bonchev–Trinajstić information content (AvgIpc) is 2.91. The first-order chi connectivity index (χ1) is 18.2. The molecule has 2 aromatic heterocycles. The highest BCUT2D eigenvalue weighted by molar-refractivity contribution is 6.04. The van der Waals surface area contributed by atoms with Gasteiger partial charge in [0.05, 0.1) is 30.1 Å². The Labute approximate surface area is 214 Å². The molecule has 5 rings (SSSR count). The molecule has 2 bridgehead atoms. The lowest BCUT2D eigenvalue weighted by Crippen LogP contribution is -2.56. The number of aliphatic hydroxyl groups excluding tert-OH is 2. The fourth-order valence-corrected chi connectivity index (χ4v) is 4.45. The van der Waals surface area contributed by atoms with Gasteiger partial charge in [-0.3, -0.25) is 10.2 Å². The zero-order chi connectivity index (χ0) is 26.9. The number of carbonyl (C=O) groups is 1. The van der Waals surface area contributed by atoms with Crippen molar-refractivity contribution < 1.29 is 32.9 Å². The summed E-state index contributed by atoms with van der Waals surface area (Å²) in [5.74, 6) is 0.566. The molecule has 0 saturated carbocycles. The molecule has 4 heterocycles. The highest BCUT2D eigenvalue weighted by Crippen LogP contribution is 2.39. The monoisotopic (exact) mass is 531 g/mol. The predicted octanol–water partition coefficient (Wildman–Crippen LogP) is 2.71. The topological polar surface area (TPSA) is 137 Å². The molecule has 1 fully saturated rings. The number of anilines is 3. The number of hydrogen-bond donors (Lipinski definition) is 3. The van der Waals surface area contributed by atoms with E-state index in [1.807, 2.05) is 0 Å². The van der Waals surface area contributed by atoms with E-state index in [0.717, 1.165) is 25.1 Å². The van der Waals surface area contributed by atoms with E-state index < -0.39 is 30.5 Å². The van der Waals surface area contributed by atoms with Gasteiger partial charge in [0.2, 0.25) is 5.88 Å². The Kier molecular flexibility index (Phi) is 6.99. The number of hydrogen-bond acceptors (Lipinski definition) is 9. The Hall–Kier alpha value is -4.04. The van der Waals surface area contributed by atoms with E-state index in [4.69, 9.17) is 9.84 Å². The second-order valence-electron chi connectivity index (χ2n) is 8.91. The maximum Gasteiger partial charge on any atom is 0.416 e. The normalized spacial score (nSPS) is 17.6. The molecule has 2 atom stereocenters. The molecule has 2 aliphatic heterocycles. The zero-order valence-corrected chi connectivity index (χ0v) is 20.0. The Morgan fingerprint density at radius 2 is 2.08 bits per heavy atom. The zero-order valence-electron chi connectivity index (χ0n) is 20.0. The minimum Gasteiger partial charge on any atom is -0.475 e. The summed E-state index contributed by atoms with van der Waals surface area (Å²) < 4.78 is 45.1. The molecule has 1 unspecified atom stereocenters. The van der Waals surface area contributed by atoms with Crippen LogP contribution >= 0.6 is 0 Å². The summed E-state index contributed by atoms with van der Waals surface area (Å²) in [5, 5.41) is 21.1. The average molecular weight is 531 g/mol. The Morgan fingerprint density at radius 3 is 2.87 bits per heavy atom. The van der Waals surface area contributed by atoms with Gasteiger partial charge in [-0.25, -0.2) is 24.7 Å². The van der Waals surface area contributed by atoms with Crippen LogP contribution in [-0.4, -0.2) is 74.6 Å². The number of piperidine rings is 1. The Morgan fingerprint density at radius 1 is 1.24 bits per heavy atom. The van der Waals surface area contributed by atoms with Gasteiger partial charge in [0.15, 0.2) is 11.6 Å². The fourth-order valence-electron chi connectivity index (χ4n) is 4.45. The minimum absolute atomic E-state index is 0.0639. The third-order valence-electron chi connectivity index (χ3n) is 6.26. The van der Waals surface area contributed by atoms with E-state index in [2.05, 4.69) is 30.2 Å². The number of amides is 2. The number of benzene rings is 1. The summed E-state index contributed by atoms with van der Waals surface area (Å²) in [6.45, 7) is 0.626. The van der Waals surface area contributed by atoms with Crippen LogP contribution in [0, 0.1) is 0 Å². The smallest absolute Gasteiger partial charge is 0.416 e. The summed E-state index contributed by atoms with van der Waals surface area (Å²) in [7, 11) is 0. The number of carbonyl (C=O) groups excluding carboxylic acids is 1. The Bertz CT molecular complexity index is 1330. The molecule has 2 amide bonds. The molecule has 11 nitrogen and oxygen atoms in total. The number of aromatic nitrogens is 4. The first kappa shape index (κ1) is 25.6. The lowest BCUT2D eigenvalue weighted by molar-refractivity contribution is -0.137. The standard InChI is InChI=1S/C24H24F3N7O4/c25-24(26,27)15-4-1-3-14(7-15)21-28-9-18-22(32-21)34(16-5-2-6-33(18)10-16)23(37)31-19-8-20(30-13-29-19)38-12-17(36)11-35/h1,3-4,7-9,13,16-17,35-36H,2,5-6,10-12H2,(H,29,30,31,37)/t16?,17-/m0/s1. The van der Waals surface area contributed by atoms with Gasteiger partial charge in [0.1, 0.15) is 24.9 Å². The highest BCUT2D eigenvalue weighted by atomic mass is 19.4. The van der Waals surface area contributed by atoms with Crippen LogP contribution in [0.2, 0.25) is 0 Å². The van der Waals surface area contributed by atoms with Crippen molar-refractivity contribution >= 4 is 23.4 Å². The van der Waals surface area contributed by atoms with Gasteiger partial charge < -0.3 is 19.8 Å². The van der Waals surface area contributed by atoms with Crippen molar-refractivity contribution in [1.29, 1.82) is 0 Å². The molecule has 3 N–H and O–H groups in total. The van der Waals surface area contributed by atoms with Crippen LogP contribution in [0.5, 0.6) is 5.88 Å². The van der Waals surface area contributed by atoms with E-state index >= 15 is 0 Å². The summed E-state index contributed by atoms with van der Waals surface area (Å²) in [6, 6.07) is 5.34. The van der Waals surface area contributed by atoms with Crippen molar-refractivity contribution in [2.24, 2.45) is 0 Å². The number of nitrogens with one attached hydrogen (secondary N) is 1. The first-order valence-corrected chi connectivity index (χ1v) is 11.9.